The van der Waals surface area contributed by atoms with E-state index < -0.39 is 0 Å². The molecule has 0 bridgehead atoms. The van der Waals surface area contributed by atoms with E-state index in [1.54, 1.807) is 6.92 Å². The van der Waals surface area contributed by atoms with E-state index in [1.165, 1.54) is 6.42 Å². The van der Waals surface area contributed by atoms with Crippen molar-refractivity contribution < 1.29 is 9.90 Å². The van der Waals surface area contributed by atoms with Crippen LogP contribution in [0.2, 0.25) is 0 Å². The lowest BCUT2D eigenvalue weighted by molar-refractivity contribution is -0.130. The molecule has 1 N–H and O–H groups in total. The van der Waals surface area contributed by atoms with E-state index in [9.17, 15) is 4.79 Å². The molecule has 0 radical (unpaired) electrons. The summed E-state index contributed by atoms with van der Waals surface area (Å²) >= 11 is 0. The van der Waals surface area contributed by atoms with Crippen LogP contribution in [0.15, 0.2) is 0 Å². The van der Waals surface area contributed by atoms with Crippen LogP contribution in [0.3, 0.4) is 0 Å². The van der Waals surface area contributed by atoms with Gasteiger partial charge in [-0.25, -0.2) is 0 Å². The van der Waals surface area contributed by atoms with Crippen molar-refractivity contribution in [3.05, 3.63) is 0 Å². The van der Waals surface area contributed by atoms with Gasteiger partial charge in [0.1, 0.15) is 0 Å². The number of rotatable bonds is 5. The van der Waals surface area contributed by atoms with Gasteiger partial charge in [-0.05, 0) is 32.6 Å². The second-order valence-electron chi connectivity index (χ2n) is 5.29. The first-order valence-electron chi connectivity index (χ1n) is 6.65. The number of carbonyl (C=O) groups excluding carboxylic acids is 1. The number of aliphatic hydroxyl groups excluding tert-OH is 1. The van der Waals surface area contributed by atoms with Crippen molar-refractivity contribution in [1.82, 2.24) is 9.80 Å². The second kappa shape index (κ2) is 6.97. The average molecular weight is 242 g/mol. The maximum Gasteiger partial charge on any atom is 0.219 e. The van der Waals surface area contributed by atoms with Crippen molar-refractivity contribution in [2.75, 3.05) is 32.8 Å². The van der Waals surface area contributed by atoms with Crippen LogP contribution in [0.25, 0.3) is 0 Å². The molecule has 0 saturated carbocycles. The predicted molar refractivity (Wildman–Crippen MR) is 68.8 cm³/mol. The van der Waals surface area contributed by atoms with E-state index >= 15 is 0 Å². The third-order valence-electron chi connectivity index (χ3n) is 3.57. The van der Waals surface area contributed by atoms with Gasteiger partial charge in [-0.2, -0.15) is 0 Å². The van der Waals surface area contributed by atoms with Gasteiger partial charge in [0.05, 0.1) is 6.61 Å². The van der Waals surface area contributed by atoms with Crippen molar-refractivity contribution >= 4 is 5.91 Å². The Hall–Kier alpha value is -0.610. The van der Waals surface area contributed by atoms with Gasteiger partial charge in [-0.15, -0.1) is 0 Å². The Morgan fingerprint density at radius 1 is 1.53 bits per heavy atom. The number of carbonyl (C=O) groups is 1. The molecule has 1 heterocycles. The normalized spacial score (nSPS) is 21.3. The summed E-state index contributed by atoms with van der Waals surface area (Å²) < 4.78 is 0. The quantitative estimate of drug-likeness (QED) is 0.780. The minimum absolute atomic E-state index is 0.188. The molecule has 0 aromatic rings. The molecule has 0 spiro atoms. The molecule has 1 atom stereocenters. The highest BCUT2D eigenvalue weighted by atomic mass is 16.3. The molecular weight excluding hydrogens is 216 g/mol. The van der Waals surface area contributed by atoms with Crippen molar-refractivity contribution in [2.24, 2.45) is 5.92 Å². The van der Waals surface area contributed by atoms with Crippen LogP contribution >= 0.6 is 0 Å². The Morgan fingerprint density at radius 3 is 2.76 bits per heavy atom. The zero-order chi connectivity index (χ0) is 12.8. The number of hydrogen-bond acceptors (Lipinski definition) is 3. The molecule has 0 aromatic carbocycles. The minimum atomic E-state index is 0.188. The van der Waals surface area contributed by atoms with E-state index in [2.05, 4.69) is 18.7 Å². The van der Waals surface area contributed by atoms with E-state index in [4.69, 9.17) is 5.11 Å². The van der Waals surface area contributed by atoms with Crippen LogP contribution in [-0.2, 0) is 4.79 Å². The van der Waals surface area contributed by atoms with E-state index in [0.717, 1.165) is 32.6 Å². The number of amides is 1. The van der Waals surface area contributed by atoms with Gasteiger partial charge in [0.2, 0.25) is 5.91 Å². The Labute approximate surface area is 105 Å². The van der Waals surface area contributed by atoms with Gasteiger partial charge in [0.15, 0.2) is 0 Å². The van der Waals surface area contributed by atoms with Gasteiger partial charge < -0.3 is 10.0 Å². The molecule has 4 nitrogen and oxygen atoms in total. The summed E-state index contributed by atoms with van der Waals surface area (Å²) in [4.78, 5) is 15.6. The molecule has 0 unspecified atom stereocenters. The molecule has 0 aromatic heterocycles. The molecular formula is C13H26N2O2. The standard InChI is InChI=1S/C13H26N2O2/c1-11(2)14(7-8-16)9-13-5-4-6-15(10-13)12(3)17/h11,13,16H,4-10H2,1-3H3/t13-/m1/s1. The van der Waals surface area contributed by atoms with Gasteiger partial charge in [-0.1, -0.05) is 0 Å². The number of aliphatic hydroxyl groups is 1. The summed E-state index contributed by atoms with van der Waals surface area (Å²) in [7, 11) is 0. The number of piperidine rings is 1. The zero-order valence-corrected chi connectivity index (χ0v) is 11.4. The van der Waals surface area contributed by atoms with Crippen LogP contribution in [-0.4, -0.2) is 59.6 Å². The highest BCUT2D eigenvalue weighted by molar-refractivity contribution is 5.73. The van der Waals surface area contributed by atoms with Gasteiger partial charge >= 0.3 is 0 Å². The topological polar surface area (TPSA) is 43.8 Å². The minimum Gasteiger partial charge on any atom is -0.395 e. The monoisotopic (exact) mass is 242 g/mol. The molecule has 1 saturated heterocycles. The first-order chi connectivity index (χ1) is 8.04. The zero-order valence-electron chi connectivity index (χ0n) is 11.4. The van der Waals surface area contributed by atoms with E-state index in [0.29, 0.717) is 12.0 Å². The predicted octanol–water partition coefficient (Wildman–Crippen LogP) is 0.948. The molecule has 4 heteroatoms. The molecule has 100 valence electrons. The highest BCUT2D eigenvalue weighted by Crippen LogP contribution is 2.18. The van der Waals surface area contributed by atoms with Crippen LogP contribution in [0.4, 0.5) is 0 Å². The molecule has 0 aliphatic carbocycles. The maximum absolute atomic E-state index is 11.4. The summed E-state index contributed by atoms with van der Waals surface area (Å²) in [6.07, 6.45) is 2.30. The van der Waals surface area contributed by atoms with Crippen molar-refractivity contribution in [2.45, 2.75) is 39.7 Å². The Balaban J connectivity index is 2.46. The fourth-order valence-corrected chi connectivity index (χ4v) is 2.52. The number of likely N-dealkylation sites (tertiary alicyclic amines) is 1. The first kappa shape index (κ1) is 14.5. The van der Waals surface area contributed by atoms with Gasteiger partial charge in [-0.3, -0.25) is 9.69 Å². The Kier molecular flexibility index (Phi) is 5.92. The fourth-order valence-electron chi connectivity index (χ4n) is 2.52. The Morgan fingerprint density at radius 2 is 2.24 bits per heavy atom. The van der Waals surface area contributed by atoms with E-state index in [1.807, 2.05) is 4.90 Å². The van der Waals surface area contributed by atoms with Crippen molar-refractivity contribution in [3.8, 4) is 0 Å². The SMILES string of the molecule is CC(=O)N1CCC[C@H](CN(CCO)C(C)C)C1. The van der Waals surface area contributed by atoms with E-state index in [-0.39, 0.29) is 12.5 Å². The summed E-state index contributed by atoms with van der Waals surface area (Å²) in [5.74, 6) is 0.745. The van der Waals surface area contributed by atoms with Crippen LogP contribution in [0.1, 0.15) is 33.6 Å². The Bertz CT molecular complexity index is 244. The lowest BCUT2D eigenvalue weighted by atomic mass is 9.97. The molecule has 17 heavy (non-hydrogen) atoms. The summed E-state index contributed by atoms with van der Waals surface area (Å²) in [6, 6.07) is 0.454. The highest BCUT2D eigenvalue weighted by Gasteiger charge is 2.24. The maximum atomic E-state index is 11.4. The van der Waals surface area contributed by atoms with Crippen LogP contribution in [0.5, 0.6) is 0 Å². The number of hydrogen-bond donors (Lipinski definition) is 1. The van der Waals surface area contributed by atoms with Crippen LogP contribution in [0, 0.1) is 5.92 Å². The first-order valence-corrected chi connectivity index (χ1v) is 6.65. The average Bonchev–Trinajstić information content (AvgIpc) is 2.28. The lowest BCUT2D eigenvalue weighted by Crippen LogP contribution is -2.45. The number of nitrogens with zero attached hydrogens (tertiary/aromatic N) is 2. The molecule has 1 aliphatic heterocycles. The summed E-state index contributed by atoms with van der Waals surface area (Å²) in [5.41, 5.74) is 0. The third-order valence-corrected chi connectivity index (χ3v) is 3.57. The third kappa shape index (κ3) is 4.64. The molecule has 1 aliphatic rings. The van der Waals surface area contributed by atoms with Crippen molar-refractivity contribution in [1.29, 1.82) is 0 Å². The second-order valence-corrected chi connectivity index (χ2v) is 5.29. The molecule has 1 rings (SSSR count). The summed E-state index contributed by atoms with van der Waals surface area (Å²) in [6.45, 7) is 9.67. The van der Waals surface area contributed by atoms with Gasteiger partial charge in [0, 0.05) is 39.1 Å². The van der Waals surface area contributed by atoms with Crippen LogP contribution < -0.4 is 0 Å². The fraction of sp³-hybridized carbons (Fsp3) is 0.923. The largest absolute Gasteiger partial charge is 0.395 e. The molecule has 1 amide bonds. The van der Waals surface area contributed by atoms with Gasteiger partial charge in [0.25, 0.3) is 0 Å². The molecule has 1 fully saturated rings. The van der Waals surface area contributed by atoms with Crippen molar-refractivity contribution in [3.63, 3.8) is 0 Å². The summed E-state index contributed by atoms with van der Waals surface area (Å²) in [5, 5.41) is 9.05. The smallest absolute Gasteiger partial charge is 0.219 e. The lowest BCUT2D eigenvalue weighted by Gasteiger charge is -2.36.